The fourth-order valence-corrected chi connectivity index (χ4v) is 3.25. The second-order valence-corrected chi connectivity index (χ2v) is 7.27. The van der Waals surface area contributed by atoms with Crippen LogP contribution in [0, 0.1) is 18.8 Å². The van der Waals surface area contributed by atoms with E-state index in [1.54, 1.807) is 14.0 Å². The Labute approximate surface area is 153 Å². The van der Waals surface area contributed by atoms with Crippen LogP contribution in [0.25, 0.3) is 0 Å². The summed E-state index contributed by atoms with van der Waals surface area (Å²) in [6, 6.07) is 5.66. The molecular formula is C18H26ClN3O3. The average molecular weight is 368 g/mol. The predicted octanol–water partition coefficient (Wildman–Crippen LogP) is 2.84. The van der Waals surface area contributed by atoms with Crippen molar-refractivity contribution in [1.82, 2.24) is 10.2 Å². The number of anilines is 1. The molecule has 1 aromatic carbocycles. The van der Waals surface area contributed by atoms with Gasteiger partial charge in [0, 0.05) is 43.9 Å². The number of hydrogen-bond donors (Lipinski definition) is 2. The fourth-order valence-electron chi connectivity index (χ4n) is 3.08. The lowest BCUT2D eigenvalue weighted by atomic mass is 10.1. The number of carboxylic acids is 1. The van der Waals surface area contributed by atoms with Crippen LogP contribution in [0.15, 0.2) is 18.2 Å². The minimum Gasteiger partial charge on any atom is -0.481 e. The number of carboxylic acid groups (broad SMARTS) is 1. The number of rotatable bonds is 6. The maximum atomic E-state index is 12.1. The highest BCUT2D eigenvalue weighted by atomic mass is 35.5. The summed E-state index contributed by atoms with van der Waals surface area (Å²) in [5, 5.41) is 12.6. The normalized spacial score (nSPS) is 18.1. The van der Waals surface area contributed by atoms with Crippen molar-refractivity contribution in [3.63, 3.8) is 0 Å². The Kier molecular flexibility index (Phi) is 6.53. The van der Waals surface area contributed by atoms with Gasteiger partial charge in [-0.05, 0) is 37.0 Å². The van der Waals surface area contributed by atoms with Crippen LogP contribution in [-0.2, 0) is 4.79 Å². The van der Waals surface area contributed by atoms with E-state index in [1.807, 2.05) is 18.2 Å². The van der Waals surface area contributed by atoms with Crippen molar-refractivity contribution in [2.75, 3.05) is 38.1 Å². The first-order valence-corrected chi connectivity index (χ1v) is 8.88. The van der Waals surface area contributed by atoms with Gasteiger partial charge in [-0.15, -0.1) is 0 Å². The zero-order chi connectivity index (χ0) is 18.6. The van der Waals surface area contributed by atoms with Crippen LogP contribution in [0.2, 0.25) is 5.02 Å². The summed E-state index contributed by atoms with van der Waals surface area (Å²) >= 11 is 6.10. The van der Waals surface area contributed by atoms with Gasteiger partial charge in [0.05, 0.1) is 5.92 Å². The van der Waals surface area contributed by atoms with E-state index in [0.29, 0.717) is 12.5 Å². The van der Waals surface area contributed by atoms with Gasteiger partial charge >= 0.3 is 12.0 Å². The molecule has 1 aliphatic heterocycles. The van der Waals surface area contributed by atoms with Gasteiger partial charge in [0.2, 0.25) is 0 Å². The van der Waals surface area contributed by atoms with E-state index in [1.165, 1.54) is 10.5 Å². The van der Waals surface area contributed by atoms with Gasteiger partial charge in [-0.2, -0.15) is 0 Å². The second kappa shape index (κ2) is 8.43. The lowest BCUT2D eigenvalue weighted by molar-refractivity contribution is -0.141. The minimum atomic E-state index is -0.900. The Morgan fingerprint density at radius 1 is 1.48 bits per heavy atom. The molecule has 2 unspecified atom stereocenters. The molecule has 2 rings (SSSR count). The third kappa shape index (κ3) is 5.26. The molecule has 0 aliphatic carbocycles. The zero-order valence-corrected chi connectivity index (χ0v) is 15.7. The van der Waals surface area contributed by atoms with Crippen LogP contribution in [0.5, 0.6) is 0 Å². The van der Waals surface area contributed by atoms with Crippen molar-refractivity contribution in [3.05, 3.63) is 28.8 Å². The van der Waals surface area contributed by atoms with Gasteiger partial charge in [0.25, 0.3) is 0 Å². The van der Waals surface area contributed by atoms with Crippen molar-refractivity contribution in [2.24, 2.45) is 11.8 Å². The summed E-state index contributed by atoms with van der Waals surface area (Å²) < 4.78 is 0. The third-order valence-corrected chi connectivity index (χ3v) is 4.89. The summed E-state index contributed by atoms with van der Waals surface area (Å²) in [6.45, 7) is 6.25. The van der Waals surface area contributed by atoms with E-state index in [4.69, 9.17) is 16.7 Å². The number of urea groups is 1. The Morgan fingerprint density at radius 3 is 2.88 bits per heavy atom. The molecule has 2 atom stereocenters. The first-order valence-electron chi connectivity index (χ1n) is 8.50. The van der Waals surface area contributed by atoms with Crippen LogP contribution in [0.4, 0.5) is 10.5 Å². The van der Waals surface area contributed by atoms with E-state index in [9.17, 15) is 9.59 Å². The first-order chi connectivity index (χ1) is 11.8. The number of nitrogens with one attached hydrogen (secondary N) is 1. The monoisotopic (exact) mass is 367 g/mol. The molecule has 6 nitrogen and oxygen atoms in total. The van der Waals surface area contributed by atoms with Crippen LogP contribution in [0.1, 0.15) is 18.9 Å². The molecule has 25 heavy (non-hydrogen) atoms. The van der Waals surface area contributed by atoms with Crippen LogP contribution < -0.4 is 10.2 Å². The Bertz CT molecular complexity index is 638. The number of halogens is 1. The molecule has 0 saturated carbocycles. The molecule has 1 saturated heterocycles. The molecular weight excluding hydrogens is 342 g/mol. The van der Waals surface area contributed by atoms with Gasteiger partial charge in [-0.25, -0.2) is 4.79 Å². The highest BCUT2D eigenvalue weighted by Gasteiger charge is 2.25. The highest BCUT2D eigenvalue weighted by Crippen LogP contribution is 2.29. The van der Waals surface area contributed by atoms with Crippen LogP contribution in [0.3, 0.4) is 0 Å². The number of carbonyl (C=O) groups is 2. The number of aliphatic carboxylic acids is 1. The van der Waals surface area contributed by atoms with Crippen LogP contribution in [-0.4, -0.2) is 55.2 Å². The number of hydrogen-bond acceptors (Lipinski definition) is 3. The molecule has 1 aliphatic rings. The number of benzene rings is 1. The quantitative estimate of drug-likeness (QED) is 0.810. The summed E-state index contributed by atoms with van der Waals surface area (Å²) in [7, 11) is 1.62. The van der Waals surface area contributed by atoms with E-state index < -0.39 is 11.9 Å². The SMILES string of the molecule is Cc1ccc(Cl)cc1N1CCC(CNC(=O)N(C)CC(C)C(=O)O)C1. The fraction of sp³-hybridized carbons (Fsp3) is 0.556. The smallest absolute Gasteiger partial charge is 0.317 e. The van der Waals surface area contributed by atoms with E-state index in [0.717, 1.165) is 30.2 Å². The van der Waals surface area contributed by atoms with Crippen molar-refractivity contribution in [2.45, 2.75) is 20.3 Å². The van der Waals surface area contributed by atoms with Gasteiger partial charge in [-0.3, -0.25) is 4.79 Å². The van der Waals surface area contributed by atoms with Gasteiger partial charge in [0.15, 0.2) is 0 Å². The molecule has 0 spiro atoms. The second-order valence-electron chi connectivity index (χ2n) is 6.84. The Hall–Kier alpha value is -1.95. The number of nitrogens with zero attached hydrogens (tertiary/aromatic N) is 2. The summed E-state index contributed by atoms with van der Waals surface area (Å²) in [6.07, 6.45) is 1.00. The van der Waals surface area contributed by atoms with Crippen molar-refractivity contribution in [1.29, 1.82) is 0 Å². The summed E-state index contributed by atoms with van der Waals surface area (Å²) in [5.41, 5.74) is 2.34. The number of carbonyl (C=O) groups excluding carboxylic acids is 1. The number of aryl methyl sites for hydroxylation is 1. The molecule has 0 radical (unpaired) electrons. The molecule has 138 valence electrons. The van der Waals surface area contributed by atoms with Crippen molar-refractivity contribution in [3.8, 4) is 0 Å². The molecule has 7 heteroatoms. The lowest BCUT2D eigenvalue weighted by Gasteiger charge is -2.23. The Morgan fingerprint density at radius 2 is 2.20 bits per heavy atom. The predicted molar refractivity (Wildman–Crippen MR) is 99.3 cm³/mol. The number of amides is 2. The summed E-state index contributed by atoms with van der Waals surface area (Å²) in [4.78, 5) is 26.7. The van der Waals surface area contributed by atoms with Crippen molar-refractivity contribution < 1.29 is 14.7 Å². The van der Waals surface area contributed by atoms with E-state index in [2.05, 4.69) is 17.1 Å². The molecule has 0 bridgehead atoms. The minimum absolute atomic E-state index is 0.194. The standard InChI is InChI=1S/C18H26ClN3O3/c1-12-4-5-15(19)8-16(12)22-7-6-14(11-22)9-20-18(25)21(3)10-13(2)17(23)24/h4-5,8,13-14H,6-7,9-11H2,1-3H3,(H,20,25)(H,23,24). The third-order valence-electron chi connectivity index (χ3n) is 4.66. The lowest BCUT2D eigenvalue weighted by Crippen LogP contribution is -2.42. The highest BCUT2D eigenvalue weighted by molar-refractivity contribution is 6.30. The molecule has 2 N–H and O–H groups in total. The molecule has 2 amide bonds. The maximum absolute atomic E-state index is 12.1. The maximum Gasteiger partial charge on any atom is 0.317 e. The van der Waals surface area contributed by atoms with Crippen LogP contribution >= 0.6 is 11.6 Å². The zero-order valence-electron chi connectivity index (χ0n) is 15.0. The van der Waals surface area contributed by atoms with E-state index in [-0.39, 0.29) is 12.6 Å². The van der Waals surface area contributed by atoms with Gasteiger partial charge < -0.3 is 20.2 Å². The molecule has 0 aromatic heterocycles. The average Bonchev–Trinajstić information content (AvgIpc) is 3.03. The molecule has 1 aromatic rings. The topological polar surface area (TPSA) is 72.9 Å². The molecule has 1 heterocycles. The van der Waals surface area contributed by atoms with Crippen molar-refractivity contribution >= 4 is 29.3 Å². The van der Waals surface area contributed by atoms with E-state index >= 15 is 0 Å². The van der Waals surface area contributed by atoms with Gasteiger partial charge in [-0.1, -0.05) is 24.6 Å². The molecule has 1 fully saturated rings. The first kappa shape index (κ1) is 19.4. The summed E-state index contributed by atoms with van der Waals surface area (Å²) in [5.74, 6) is -1.11. The largest absolute Gasteiger partial charge is 0.481 e. The van der Waals surface area contributed by atoms with Gasteiger partial charge in [0.1, 0.15) is 0 Å². The Balaban J connectivity index is 1.82.